The van der Waals surface area contributed by atoms with E-state index < -0.39 is 0 Å². The number of nitrogens with zero attached hydrogens (tertiary/aromatic N) is 2. The monoisotopic (exact) mass is 353 g/mol. The first kappa shape index (κ1) is 15.6. The third kappa shape index (κ3) is 4.36. The molecule has 1 N–H and O–H groups in total. The van der Waals surface area contributed by atoms with Crippen LogP contribution in [0.3, 0.4) is 0 Å². The van der Waals surface area contributed by atoms with Gasteiger partial charge in [0.1, 0.15) is 0 Å². The molecule has 2 rings (SSSR count). The van der Waals surface area contributed by atoms with Gasteiger partial charge in [0, 0.05) is 40.9 Å². The fourth-order valence-electron chi connectivity index (χ4n) is 1.65. The standard InChI is InChI=1S/C15H20BrN3S/c1-15(2,3)18-10-11-5-6-13(12(16)9-11)20-14-17-7-8-19(14)4/h5-9,18H,10H2,1-4H3. The molecule has 108 valence electrons. The van der Waals surface area contributed by atoms with Crippen molar-refractivity contribution in [3.05, 3.63) is 40.6 Å². The van der Waals surface area contributed by atoms with Gasteiger partial charge in [-0.15, -0.1) is 0 Å². The van der Waals surface area contributed by atoms with Crippen LogP contribution < -0.4 is 5.32 Å². The van der Waals surface area contributed by atoms with Crippen LogP contribution >= 0.6 is 27.7 Å². The second-order valence-corrected chi connectivity index (χ2v) is 7.65. The molecule has 0 bridgehead atoms. The van der Waals surface area contributed by atoms with Gasteiger partial charge in [0.15, 0.2) is 5.16 Å². The summed E-state index contributed by atoms with van der Waals surface area (Å²) < 4.78 is 3.13. The number of aryl methyl sites for hydroxylation is 1. The summed E-state index contributed by atoms with van der Waals surface area (Å²) in [6.45, 7) is 7.39. The van der Waals surface area contributed by atoms with Gasteiger partial charge in [0.05, 0.1) is 0 Å². The maximum Gasteiger partial charge on any atom is 0.172 e. The third-order valence-electron chi connectivity index (χ3n) is 2.80. The summed E-state index contributed by atoms with van der Waals surface area (Å²) in [7, 11) is 2.00. The van der Waals surface area contributed by atoms with E-state index >= 15 is 0 Å². The van der Waals surface area contributed by atoms with E-state index in [9.17, 15) is 0 Å². The highest BCUT2D eigenvalue weighted by atomic mass is 79.9. The second-order valence-electron chi connectivity index (χ2n) is 5.79. The zero-order valence-electron chi connectivity index (χ0n) is 12.3. The fraction of sp³-hybridized carbons (Fsp3) is 0.400. The van der Waals surface area contributed by atoms with E-state index in [1.54, 1.807) is 11.8 Å². The molecule has 0 aliphatic heterocycles. The summed E-state index contributed by atoms with van der Waals surface area (Å²) in [5, 5.41) is 4.49. The minimum absolute atomic E-state index is 0.132. The molecule has 1 heterocycles. The van der Waals surface area contributed by atoms with Crippen LogP contribution in [0, 0.1) is 0 Å². The number of rotatable bonds is 4. The number of imidazole rings is 1. The molecule has 0 atom stereocenters. The molecule has 0 aliphatic rings. The number of aromatic nitrogens is 2. The first-order valence-corrected chi connectivity index (χ1v) is 8.15. The summed E-state index contributed by atoms with van der Waals surface area (Å²) >= 11 is 5.32. The Morgan fingerprint density at radius 3 is 2.65 bits per heavy atom. The van der Waals surface area contributed by atoms with Crippen LogP contribution in [0.25, 0.3) is 0 Å². The average Bonchev–Trinajstić information content (AvgIpc) is 2.75. The zero-order chi connectivity index (χ0) is 14.8. The number of nitrogens with one attached hydrogen (secondary N) is 1. The van der Waals surface area contributed by atoms with E-state index in [1.165, 1.54) is 10.5 Å². The van der Waals surface area contributed by atoms with Crippen molar-refractivity contribution in [2.75, 3.05) is 0 Å². The Labute approximate surface area is 133 Å². The molecule has 2 aromatic rings. The van der Waals surface area contributed by atoms with Gasteiger partial charge >= 0.3 is 0 Å². The number of benzene rings is 1. The molecule has 5 heteroatoms. The summed E-state index contributed by atoms with van der Waals surface area (Å²) in [5.41, 5.74) is 1.41. The van der Waals surface area contributed by atoms with Crippen molar-refractivity contribution in [3.8, 4) is 0 Å². The minimum atomic E-state index is 0.132. The Balaban J connectivity index is 2.08. The van der Waals surface area contributed by atoms with Crippen molar-refractivity contribution < 1.29 is 0 Å². The molecule has 0 amide bonds. The highest BCUT2D eigenvalue weighted by molar-refractivity contribution is 9.10. The van der Waals surface area contributed by atoms with Crippen molar-refractivity contribution in [1.29, 1.82) is 0 Å². The molecule has 0 saturated carbocycles. The van der Waals surface area contributed by atoms with Gasteiger partial charge in [-0.1, -0.05) is 17.8 Å². The van der Waals surface area contributed by atoms with E-state index in [0.717, 1.165) is 16.2 Å². The number of halogens is 1. The van der Waals surface area contributed by atoms with Crippen LogP contribution in [-0.4, -0.2) is 15.1 Å². The van der Waals surface area contributed by atoms with Crippen LogP contribution in [0.5, 0.6) is 0 Å². The van der Waals surface area contributed by atoms with Gasteiger partial charge in [-0.2, -0.15) is 0 Å². The Bertz CT molecular complexity index is 587. The molecule has 20 heavy (non-hydrogen) atoms. The molecule has 0 aliphatic carbocycles. The van der Waals surface area contributed by atoms with Crippen LogP contribution in [-0.2, 0) is 13.6 Å². The van der Waals surface area contributed by atoms with Gasteiger partial charge in [-0.05, 0) is 54.4 Å². The lowest BCUT2D eigenvalue weighted by Crippen LogP contribution is -2.35. The lowest BCUT2D eigenvalue weighted by Gasteiger charge is -2.20. The molecule has 0 saturated heterocycles. The Morgan fingerprint density at radius 1 is 1.35 bits per heavy atom. The Hall–Kier alpha value is -0.780. The molecular formula is C15H20BrN3S. The Morgan fingerprint density at radius 2 is 2.10 bits per heavy atom. The predicted molar refractivity (Wildman–Crippen MR) is 88.1 cm³/mol. The molecule has 0 fully saturated rings. The van der Waals surface area contributed by atoms with Crippen molar-refractivity contribution in [1.82, 2.24) is 14.9 Å². The van der Waals surface area contributed by atoms with Crippen LogP contribution in [0.15, 0.2) is 45.1 Å². The lowest BCUT2D eigenvalue weighted by atomic mass is 10.1. The first-order valence-electron chi connectivity index (χ1n) is 6.54. The van der Waals surface area contributed by atoms with Gasteiger partial charge in [0.2, 0.25) is 0 Å². The van der Waals surface area contributed by atoms with E-state index in [-0.39, 0.29) is 5.54 Å². The van der Waals surface area contributed by atoms with Gasteiger partial charge in [-0.25, -0.2) is 4.98 Å². The van der Waals surface area contributed by atoms with E-state index in [0.29, 0.717) is 0 Å². The van der Waals surface area contributed by atoms with Crippen molar-refractivity contribution in [2.24, 2.45) is 7.05 Å². The molecule has 0 radical (unpaired) electrons. The summed E-state index contributed by atoms with van der Waals surface area (Å²) in [4.78, 5) is 5.52. The van der Waals surface area contributed by atoms with Crippen molar-refractivity contribution in [2.45, 2.75) is 42.9 Å². The smallest absolute Gasteiger partial charge is 0.172 e. The third-order valence-corrected chi connectivity index (χ3v) is 4.87. The van der Waals surface area contributed by atoms with Crippen LogP contribution in [0.4, 0.5) is 0 Å². The molecule has 1 aromatic carbocycles. The highest BCUT2D eigenvalue weighted by Gasteiger charge is 2.10. The molecule has 1 aromatic heterocycles. The van der Waals surface area contributed by atoms with E-state index in [4.69, 9.17) is 0 Å². The summed E-state index contributed by atoms with van der Waals surface area (Å²) in [6, 6.07) is 6.47. The quantitative estimate of drug-likeness (QED) is 0.892. The topological polar surface area (TPSA) is 29.9 Å². The number of hydrogen-bond donors (Lipinski definition) is 1. The van der Waals surface area contributed by atoms with Gasteiger partial charge < -0.3 is 9.88 Å². The zero-order valence-corrected chi connectivity index (χ0v) is 14.7. The molecule has 0 unspecified atom stereocenters. The Kier molecular flexibility index (Phi) is 4.94. The molecule has 3 nitrogen and oxygen atoms in total. The van der Waals surface area contributed by atoms with Gasteiger partial charge in [0.25, 0.3) is 0 Å². The summed E-state index contributed by atoms with van der Waals surface area (Å²) in [6.07, 6.45) is 3.77. The van der Waals surface area contributed by atoms with E-state index in [2.05, 4.69) is 65.2 Å². The van der Waals surface area contributed by atoms with Crippen molar-refractivity contribution in [3.63, 3.8) is 0 Å². The lowest BCUT2D eigenvalue weighted by molar-refractivity contribution is 0.424. The molecule has 0 spiro atoms. The van der Waals surface area contributed by atoms with Crippen LogP contribution in [0.1, 0.15) is 26.3 Å². The minimum Gasteiger partial charge on any atom is -0.329 e. The SMILES string of the molecule is Cn1ccnc1Sc1ccc(CNC(C)(C)C)cc1Br. The second kappa shape index (κ2) is 6.33. The number of hydrogen-bond acceptors (Lipinski definition) is 3. The maximum absolute atomic E-state index is 4.34. The normalized spacial score (nSPS) is 11.8. The maximum atomic E-state index is 4.34. The molecular weight excluding hydrogens is 334 g/mol. The fourth-order valence-corrected chi connectivity index (χ4v) is 3.13. The summed E-state index contributed by atoms with van der Waals surface area (Å²) in [5.74, 6) is 0. The predicted octanol–water partition coefficient (Wildman–Crippen LogP) is 4.22. The van der Waals surface area contributed by atoms with Crippen LogP contribution in [0.2, 0.25) is 0 Å². The first-order chi connectivity index (χ1) is 9.35. The largest absolute Gasteiger partial charge is 0.329 e. The average molecular weight is 354 g/mol. The van der Waals surface area contributed by atoms with Gasteiger partial charge in [-0.3, -0.25) is 0 Å². The van der Waals surface area contributed by atoms with E-state index in [1.807, 2.05) is 24.0 Å². The highest BCUT2D eigenvalue weighted by Crippen LogP contribution is 2.32. The van der Waals surface area contributed by atoms with Crippen molar-refractivity contribution >= 4 is 27.7 Å².